The Bertz CT molecular complexity index is 1070. The van der Waals surface area contributed by atoms with Crippen molar-refractivity contribution < 1.29 is 15.0 Å². The Morgan fingerprint density at radius 2 is 2.08 bits per heavy atom. The lowest BCUT2D eigenvalue weighted by atomic mass is 9.92. The Kier molecular flexibility index (Phi) is 4.13. The number of nitrogens with zero attached hydrogens (tertiary/aromatic N) is 1. The van der Waals surface area contributed by atoms with E-state index in [2.05, 4.69) is 11.1 Å². The van der Waals surface area contributed by atoms with Crippen molar-refractivity contribution >= 4 is 34.5 Å². The van der Waals surface area contributed by atoms with Gasteiger partial charge in [0, 0.05) is 22.4 Å². The first-order valence-electron chi connectivity index (χ1n) is 8.36. The summed E-state index contributed by atoms with van der Waals surface area (Å²) in [7, 11) is 0. The third-order valence-corrected chi connectivity index (χ3v) is 4.91. The molecule has 0 atom stereocenters. The van der Waals surface area contributed by atoms with Crippen LogP contribution >= 0.6 is 11.6 Å². The van der Waals surface area contributed by atoms with E-state index in [0.717, 1.165) is 29.5 Å². The number of benzene rings is 2. The molecule has 4 nitrogen and oxygen atoms in total. The second kappa shape index (κ2) is 6.46. The van der Waals surface area contributed by atoms with Crippen LogP contribution in [0.1, 0.15) is 39.2 Å². The van der Waals surface area contributed by atoms with Crippen LogP contribution in [-0.2, 0) is 12.8 Å². The molecule has 0 spiro atoms. The second-order valence-electron chi connectivity index (χ2n) is 6.37. The van der Waals surface area contributed by atoms with Gasteiger partial charge in [-0.3, -0.25) is 0 Å². The number of aromatic nitrogens is 1. The zero-order valence-electron chi connectivity index (χ0n) is 13.9. The van der Waals surface area contributed by atoms with Gasteiger partial charge >= 0.3 is 5.97 Å². The summed E-state index contributed by atoms with van der Waals surface area (Å²) in [4.78, 5) is 16.5. The van der Waals surface area contributed by atoms with Gasteiger partial charge in [-0.05, 0) is 36.1 Å². The predicted molar refractivity (Wildman–Crippen MR) is 102 cm³/mol. The smallest absolute Gasteiger partial charge is 0.340 e. The topological polar surface area (TPSA) is 70.4 Å². The number of hydrogen-bond acceptors (Lipinski definition) is 3. The maximum atomic E-state index is 11.8. The van der Waals surface area contributed by atoms with E-state index in [4.69, 9.17) is 11.6 Å². The molecule has 2 aromatic carbocycles. The number of aryl methyl sites for hydroxylation is 1. The van der Waals surface area contributed by atoms with Crippen molar-refractivity contribution in [3.63, 3.8) is 0 Å². The number of rotatable bonds is 3. The number of aromatic carboxylic acids is 1. The highest BCUT2D eigenvalue weighted by molar-refractivity contribution is 6.30. The molecule has 0 aliphatic heterocycles. The molecule has 0 saturated heterocycles. The summed E-state index contributed by atoms with van der Waals surface area (Å²) in [6, 6.07) is 10.9. The second-order valence-corrected chi connectivity index (χ2v) is 6.81. The Hall–Kier alpha value is -2.85. The summed E-state index contributed by atoms with van der Waals surface area (Å²) >= 11 is 6.04. The largest absolute Gasteiger partial charge is 0.505 e. The molecule has 1 heterocycles. The van der Waals surface area contributed by atoms with Crippen molar-refractivity contribution in [3.05, 3.63) is 75.4 Å². The third-order valence-electron chi connectivity index (χ3n) is 4.67. The average molecular weight is 366 g/mol. The van der Waals surface area contributed by atoms with Crippen LogP contribution in [0, 0.1) is 0 Å². The van der Waals surface area contributed by atoms with Gasteiger partial charge in [-0.15, -0.1) is 0 Å². The van der Waals surface area contributed by atoms with Gasteiger partial charge in [0.1, 0.15) is 5.56 Å². The molecule has 1 aliphatic rings. The number of allylic oxidation sites excluding steroid dienone is 1. The highest BCUT2D eigenvalue weighted by Gasteiger charge is 2.22. The van der Waals surface area contributed by atoms with E-state index in [-0.39, 0.29) is 11.3 Å². The normalized spacial score (nSPS) is 13.0. The Balaban J connectivity index is 1.97. The fraction of sp³-hybridized carbons (Fsp3) is 0.143. The van der Waals surface area contributed by atoms with Crippen molar-refractivity contribution in [2.75, 3.05) is 0 Å². The summed E-state index contributed by atoms with van der Waals surface area (Å²) < 4.78 is 0. The molecule has 0 amide bonds. The summed E-state index contributed by atoms with van der Waals surface area (Å²) in [5, 5.41) is 21.3. The van der Waals surface area contributed by atoms with Gasteiger partial charge < -0.3 is 10.2 Å². The van der Waals surface area contributed by atoms with Crippen LogP contribution in [0.15, 0.2) is 42.5 Å². The lowest BCUT2D eigenvalue weighted by molar-refractivity contribution is 0.0695. The van der Waals surface area contributed by atoms with Gasteiger partial charge in [-0.1, -0.05) is 48.0 Å². The molecule has 0 saturated carbocycles. The minimum absolute atomic E-state index is 0.103. The SMILES string of the molecule is O=C(O)c1c(O)c(Cc2cccc(Cl)c2)nc2c3c(ccc12)CCC=C3. The van der Waals surface area contributed by atoms with Crippen LogP contribution in [0.2, 0.25) is 5.02 Å². The molecule has 2 N–H and O–H groups in total. The molecule has 1 aromatic heterocycles. The zero-order valence-corrected chi connectivity index (χ0v) is 14.6. The van der Waals surface area contributed by atoms with Crippen LogP contribution in [0.25, 0.3) is 17.0 Å². The first-order chi connectivity index (χ1) is 12.5. The minimum atomic E-state index is -1.16. The molecule has 0 bridgehead atoms. The number of fused-ring (bicyclic) bond motifs is 3. The summed E-state index contributed by atoms with van der Waals surface area (Å²) in [5.41, 5.74) is 3.78. The van der Waals surface area contributed by atoms with Gasteiger partial charge in [0.2, 0.25) is 0 Å². The first-order valence-corrected chi connectivity index (χ1v) is 8.74. The van der Waals surface area contributed by atoms with Gasteiger partial charge in [-0.2, -0.15) is 0 Å². The standard InChI is InChI=1S/C21H16ClNO3/c22-14-6-3-4-12(10-14)11-17-20(24)18(21(25)26)16-9-8-13-5-1-2-7-15(13)19(16)23-17/h2-4,6-10,24H,1,5,11H2,(H,25,26). The van der Waals surface area contributed by atoms with Crippen LogP contribution in [0.4, 0.5) is 0 Å². The van der Waals surface area contributed by atoms with Crippen molar-refractivity contribution in [1.29, 1.82) is 0 Å². The average Bonchev–Trinajstić information content (AvgIpc) is 2.62. The molecule has 130 valence electrons. The molecule has 0 radical (unpaired) electrons. The molecule has 4 rings (SSSR count). The van der Waals surface area contributed by atoms with Crippen LogP contribution in [0.5, 0.6) is 5.75 Å². The minimum Gasteiger partial charge on any atom is -0.505 e. The summed E-state index contributed by atoms with van der Waals surface area (Å²) in [5.74, 6) is -1.45. The molecule has 3 aromatic rings. The van der Waals surface area contributed by atoms with E-state index in [1.165, 1.54) is 0 Å². The Morgan fingerprint density at radius 1 is 1.23 bits per heavy atom. The summed E-state index contributed by atoms with van der Waals surface area (Å²) in [6.07, 6.45) is 6.21. The van der Waals surface area contributed by atoms with E-state index in [1.807, 2.05) is 24.3 Å². The van der Waals surface area contributed by atoms with Crippen molar-refractivity contribution in [3.8, 4) is 5.75 Å². The molecule has 5 heteroatoms. The lowest BCUT2D eigenvalue weighted by Crippen LogP contribution is -2.06. The van der Waals surface area contributed by atoms with E-state index >= 15 is 0 Å². The number of pyridine rings is 1. The van der Waals surface area contributed by atoms with Gasteiger partial charge in [0.15, 0.2) is 5.75 Å². The monoisotopic (exact) mass is 365 g/mol. The maximum Gasteiger partial charge on any atom is 0.340 e. The van der Waals surface area contributed by atoms with Crippen LogP contribution in [0.3, 0.4) is 0 Å². The highest BCUT2D eigenvalue weighted by Crippen LogP contribution is 2.35. The molecule has 1 aliphatic carbocycles. The zero-order chi connectivity index (χ0) is 18.3. The Labute approximate surface area is 155 Å². The summed E-state index contributed by atoms with van der Waals surface area (Å²) in [6.45, 7) is 0. The molecule has 26 heavy (non-hydrogen) atoms. The number of aromatic hydroxyl groups is 1. The van der Waals surface area contributed by atoms with Gasteiger partial charge in [-0.25, -0.2) is 9.78 Å². The van der Waals surface area contributed by atoms with E-state index < -0.39 is 5.97 Å². The number of carboxylic acids is 1. The third kappa shape index (κ3) is 2.82. The van der Waals surface area contributed by atoms with Gasteiger partial charge in [0.05, 0.1) is 11.2 Å². The van der Waals surface area contributed by atoms with Crippen molar-refractivity contribution in [2.45, 2.75) is 19.3 Å². The number of carboxylic acid groups (broad SMARTS) is 1. The highest BCUT2D eigenvalue weighted by atomic mass is 35.5. The lowest BCUT2D eigenvalue weighted by Gasteiger charge is -2.16. The fourth-order valence-electron chi connectivity index (χ4n) is 3.46. The molecule has 0 fully saturated rings. The quantitative estimate of drug-likeness (QED) is 0.696. The van der Waals surface area contributed by atoms with Crippen LogP contribution in [-0.4, -0.2) is 21.2 Å². The maximum absolute atomic E-state index is 11.8. The number of carbonyl (C=O) groups is 1. The molecular formula is C21H16ClNO3. The first kappa shape index (κ1) is 16.6. The Morgan fingerprint density at radius 3 is 2.85 bits per heavy atom. The number of halogens is 1. The molecular weight excluding hydrogens is 350 g/mol. The molecule has 0 unspecified atom stereocenters. The van der Waals surface area contributed by atoms with Crippen molar-refractivity contribution in [2.24, 2.45) is 0 Å². The number of hydrogen-bond donors (Lipinski definition) is 2. The van der Waals surface area contributed by atoms with Crippen molar-refractivity contribution in [1.82, 2.24) is 4.98 Å². The van der Waals surface area contributed by atoms with E-state index in [1.54, 1.807) is 18.2 Å². The predicted octanol–water partition coefficient (Wildman–Crippen LogP) is 4.84. The van der Waals surface area contributed by atoms with Gasteiger partial charge in [0.25, 0.3) is 0 Å². The fourth-order valence-corrected chi connectivity index (χ4v) is 3.67. The van der Waals surface area contributed by atoms with E-state index in [0.29, 0.717) is 28.0 Å². The van der Waals surface area contributed by atoms with Crippen LogP contribution < -0.4 is 0 Å². The van der Waals surface area contributed by atoms with E-state index in [9.17, 15) is 15.0 Å².